The minimum absolute atomic E-state index is 0.0523. The molecule has 1 atom stereocenters. The predicted octanol–water partition coefficient (Wildman–Crippen LogP) is 3.50. The molecular weight excluding hydrogens is 373 g/mol. The molecule has 134 valence electrons. The van der Waals surface area contributed by atoms with E-state index in [0.29, 0.717) is 41.8 Å². The molecule has 0 saturated carbocycles. The third-order valence-corrected chi connectivity index (χ3v) is 5.71. The highest BCUT2D eigenvalue weighted by Crippen LogP contribution is 2.36. The molecule has 1 amide bonds. The Labute approximate surface area is 161 Å². The average molecular weight is 390 g/mol. The number of likely N-dealkylation sites (tertiary alicyclic amines) is 1. The maximum absolute atomic E-state index is 13.1. The summed E-state index contributed by atoms with van der Waals surface area (Å²) < 4.78 is 1.91. The van der Waals surface area contributed by atoms with E-state index in [0.717, 1.165) is 24.2 Å². The van der Waals surface area contributed by atoms with Crippen LogP contribution in [0.4, 0.5) is 0 Å². The van der Waals surface area contributed by atoms with Crippen molar-refractivity contribution in [2.75, 3.05) is 13.1 Å². The number of fused-ring (bicyclic) bond motifs is 1. The number of rotatable bonds is 2. The lowest BCUT2D eigenvalue weighted by Crippen LogP contribution is -2.41. The number of nitrogens with zero attached hydrogens (tertiary/aromatic N) is 5. The van der Waals surface area contributed by atoms with Crippen LogP contribution < -0.4 is 0 Å². The second-order valence-corrected chi connectivity index (χ2v) is 7.56. The standard InChI is InChI=1S/C18H17Cl2N5O/c19-12-1-2-13(14(20)9-12)17-23-22-16-4-3-15(25(16)17)18(26)24-7-5-11(10-21)6-8-24/h1-2,9,11,15H,3-8H2. The van der Waals surface area contributed by atoms with Crippen molar-refractivity contribution >= 4 is 29.1 Å². The van der Waals surface area contributed by atoms with Gasteiger partial charge in [0.1, 0.15) is 11.9 Å². The van der Waals surface area contributed by atoms with Gasteiger partial charge in [-0.15, -0.1) is 10.2 Å². The molecule has 8 heteroatoms. The molecule has 26 heavy (non-hydrogen) atoms. The van der Waals surface area contributed by atoms with Gasteiger partial charge in [-0.3, -0.25) is 9.36 Å². The molecule has 0 spiro atoms. The highest BCUT2D eigenvalue weighted by molar-refractivity contribution is 6.36. The van der Waals surface area contributed by atoms with Crippen molar-refractivity contribution in [2.24, 2.45) is 5.92 Å². The first-order valence-electron chi connectivity index (χ1n) is 8.66. The summed E-state index contributed by atoms with van der Waals surface area (Å²) in [6.45, 7) is 1.25. The molecule has 2 aliphatic heterocycles. The van der Waals surface area contributed by atoms with Crippen LogP contribution in [0.25, 0.3) is 11.4 Å². The molecule has 4 rings (SSSR count). The van der Waals surface area contributed by atoms with Crippen LogP contribution in [0.5, 0.6) is 0 Å². The maximum atomic E-state index is 13.1. The molecule has 1 aromatic carbocycles. The highest BCUT2D eigenvalue weighted by Gasteiger charge is 2.36. The number of piperidine rings is 1. The zero-order valence-corrected chi connectivity index (χ0v) is 15.5. The maximum Gasteiger partial charge on any atom is 0.245 e. The van der Waals surface area contributed by atoms with E-state index in [1.54, 1.807) is 18.2 Å². The fourth-order valence-corrected chi connectivity index (χ4v) is 4.24. The van der Waals surface area contributed by atoms with E-state index in [1.807, 2.05) is 9.47 Å². The summed E-state index contributed by atoms with van der Waals surface area (Å²) in [6.07, 6.45) is 2.89. The van der Waals surface area contributed by atoms with Crippen LogP contribution in [0.15, 0.2) is 18.2 Å². The summed E-state index contributed by atoms with van der Waals surface area (Å²) >= 11 is 12.3. The molecule has 0 radical (unpaired) electrons. The van der Waals surface area contributed by atoms with Gasteiger partial charge in [0.05, 0.1) is 11.1 Å². The molecule has 6 nitrogen and oxygen atoms in total. The van der Waals surface area contributed by atoms with Gasteiger partial charge in [0, 0.05) is 36.0 Å². The molecule has 0 N–H and O–H groups in total. The van der Waals surface area contributed by atoms with Crippen LogP contribution in [-0.4, -0.2) is 38.7 Å². The molecule has 1 saturated heterocycles. The number of aromatic nitrogens is 3. The first-order valence-corrected chi connectivity index (χ1v) is 9.41. The number of carbonyl (C=O) groups excluding carboxylic acids is 1. The normalized spacial score (nSPS) is 20.0. The summed E-state index contributed by atoms with van der Waals surface area (Å²) in [4.78, 5) is 15.0. The van der Waals surface area contributed by atoms with Crippen molar-refractivity contribution < 1.29 is 4.79 Å². The van der Waals surface area contributed by atoms with Crippen LogP contribution in [0.1, 0.15) is 31.1 Å². The number of carbonyl (C=O) groups is 1. The molecule has 2 aromatic rings. The van der Waals surface area contributed by atoms with Gasteiger partial charge in [0.25, 0.3) is 0 Å². The average Bonchev–Trinajstić information content (AvgIpc) is 3.24. The minimum Gasteiger partial charge on any atom is -0.341 e. The summed E-state index contributed by atoms with van der Waals surface area (Å²) in [5.74, 6) is 1.53. The number of hydrogen-bond acceptors (Lipinski definition) is 4. The zero-order valence-electron chi connectivity index (χ0n) is 14.0. The third kappa shape index (κ3) is 2.95. The fraction of sp³-hybridized carbons (Fsp3) is 0.444. The van der Waals surface area contributed by atoms with Gasteiger partial charge >= 0.3 is 0 Å². The first kappa shape index (κ1) is 17.3. The van der Waals surface area contributed by atoms with E-state index in [-0.39, 0.29) is 17.9 Å². The number of amides is 1. The van der Waals surface area contributed by atoms with E-state index < -0.39 is 0 Å². The van der Waals surface area contributed by atoms with Gasteiger partial charge in [-0.1, -0.05) is 23.2 Å². The predicted molar refractivity (Wildman–Crippen MR) is 97.8 cm³/mol. The Balaban J connectivity index is 1.63. The van der Waals surface area contributed by atoms with Gasteiger partial charge in [0.15, 0.2) is 5.82 Å². The van der Waals surface area contributed by atoms with Crippen molar-refractivity contribution in [1.82, 2.24) is 19.7 Å². The Morgan fingerprint density at radius 1 is 1.19 bits per heavy atom. The lowest BCUT2D eigenvalue weighted by molar-refractivity contribution is -0.135. The van der Waals surface area contributed by atoms with E-state index in [4.69, 9.17) is 28.5 Å². The Bertz CT molecular complexity index is 895. The Hall–Kier alpha value is -2.10. The van der Waals surface area contributed by atoms with Gasteiger partial charge in [-0.2, -0.15) is 5.26 Å². The fourth-order valence-electron chi connectivity index (χ4n) is 3.74. The van der Waals surface area contributed by atoms with Crippen LogP contribution in [0.3, 0.4) is 0 Å². The number of aryl methyl sites for hydroxylation is 1. The van der Waals surface area contributed by atoms with Crippen molar-refractivity contribution in [3.05, 3.63) is 34.1 Å². The second-order valence-electron chi connectivity index (χ2n) is 6.72. The second kappa shape index (κ2) is 6.90. The molecule has 1 aromatic heterocycles. The van der Waals surface area contributed by atoms with Crippen LogP contribution >= 0.6 is 23.2 Å². The first-order chi connectivity index (χ1) is 12.6. The van der Waals surface area contributed by atoms with Gasteiger partial charge in [0.2, 0.25) is 5.91 Å². The summed E-state index contributed by atoms with van der Waals surface area (Å²) in [5, 5.41) is 18.6. The molecule has 2 aliphatic rings. The third-order valence-electron chi connectivity index (χ3n) is 5.17. The lowest BCUT2D eigenvalue weighted by atomic mass is 9.98. The molecule has 1 unspecified atom stereocenters. The highest BCUT2D eigenvalue weighted by atomic mass is 35.5. The van der Waals surface area contributed by atoms with E-state index >= 15 is 0 Å². The topological polar surface area (TPSA) is 74.8 Å². The van der Waals surface area contributed by atoms with Crippen LogP contribution in [0, 0.1) is 17.2 Å². The molecule has 3 heterocycles. The Kier molecular flexibility index (Phi) is 4.60. The zero-order chi connectivity index (χ0) is 18.3. The summed E-state index contributed by atoms with van der Waals surface area (Å²) in [6, 6.07) is 7.20. The largest absolute Gasteiger partial charge is 0.341 e. The number of halogens is 2. The Morgan fingerprint density at radius 3 is 2.65 bits per heavy atom. The van der Waals surface area contributed by atoms with Crippen molar-refractivity contribution in [3.63, 3.8) is 0 Å². The molecule has 1 fully saturated rings. The Morgan fingerprint density at radius 2 is 1.96 bits per heavy atom. The summed E-state index contributed by atoms with van der Waals surface area (Å²) in [7, 11) is 0. The number of nitriles is 1. The smallest absolute Gasteiger partial charge is 0.245 e. The summed E-state index contributed by atoms with van der Waals surface area (Å²) in [5.41, 5.74) is 0.720. The monoisotopic (exact) mass is 389 g/mol. The molecule has 0 aliphatic carbocycles. The minimum atomic E-state index is -0.319. The van der Waals surface area contributed by atoms with Crippen molar-refractivity contribution in [2.45, 2.75) is 31.7 Å². The number of hydrogen-bond donors (Lipinski definition) is 0. The molecule has 0 bridgehead atoms. The quantitative estimate of drug-likeness (QED) is 0.787. The van der Waals surface area contributed by atoms with Crippen LogP contribution in [0.2, 0.25) is 10.0 Å². The van der Waals surface area contributed by atoms with E-state index in [2.05, 4.69) is 16.3 Å². The van der Waals surface area contributed by atoms with Crippen LogP contribution in [-0.2, 0) is 11.2 Å². The lowest BCUT2D eigenvalue weighted by Gasteiger charge is -2.31. The van der Waals surface area contributed by atoms with Crippen molar-refractivity contribution in [3.8, 4) is 17.5 Å². The number of benzene rings is 1. The van der Waals surface area contributed by atoms with Crippen molar-refractivity contribution in [1.29, 1.82) is 5.26 Å². The van der Waals surface area contributed by atoms with Gasteiger partial charge in [-0.05, 0) is 37.5 Å². The van der Waals surface area contributed by atoms with E-state index in [9.17, 15) is 4.79 Å². The van der Waals surface area contributed by atoms with Gasteiger partial charge in [-0.25, -0.2) is 0 Å². The van der Waals surface area contributed by atoms with Gasteiger partial charge < -0.3 is 4.90 Å². The van der Waals surface area contributed by atoms with E-state index in [1.165, 1.54) is 0 Å². The molecular formula is C18H17Cl2N5O. The SMILES string of the molecule is N#CC1CCN(C(=O)C2CCc3nnc(-c4ccc(Cl)cc4Cl)n32)CC1.